The number of nitrogens with two attached hydrogens (primary N) is 1. The van der Waals surface area contributed by atoms with E-state index in [2.05, 4.69) is 15.2 Å². The summed E-state index contributed by atoms with van der Waals surface area (Å²) in [6.07, 6.45) is 0. The van der Waals surface area contributed by atoms with Gasteiger partial charge >= 0.3 is 5.97 Å². The summed E-state index contributed by atoms with van der Waals surface area (Å²) in [5.74, 6) is -0.224. The van der Waals surface area contributed by atoms with Gasteiger partial charge in [-0.2, -0.15) is 0 Å². The Balaban J connectivity index is 2.34. The molecule has 0 saturated carbocycles. The number of hydrogen-bond acceptors (Lipinski definition) is 6. The minimum Gasteiger partial charge on any atom is -0.461 e. The maximum atomic E-state index is 11.5. The van der Waals surface area contributed by atoms with E-state index in [0.29, 0.717) is 5.82 Å². The maximum Gasteiger partial charge on any atom is 0.362 e. The van der Waals surface area contributed by atoms with Gasteiger partial charge in [0.05, 0.1) is 6.61 Å². The largest absolute Gasteiger partial charge is 0.461 e. The van der Waals surface area contributed by atoms with Crippen molar-refractivity contribution in [3.8, 4) is 11.4 Å². The molecular weight excluding hydrogens is 232 g/mol. The first-order valence-electron chi connectivity index (χ1n) is 5.45. The van der Waals surface area contributed by atoms with E-state index in [1.54, 1.807) is 6.92 Å². The summed E-state index contributed by atoms with van der Waals surface area (Å²) < 4.78 is 4.79. The van der Waals surface area contributed by atoms with Crippen LogP contribution < -0.4 is 5.73 Å². The number of carbonyl (C=O) groups is 1. The molecule has 0 fully saturated rings. The van der Waals surface area contributed by atoms with Crippen LogP contribution in [0.5, 0.6) is 0 Å². The fraction of sp³-hybridized carbons (Fsp3) is 0.167. The normalized spacial score (nSPS) is 10.1. The number of nitrogens with zero attached hydrogens (tertiary/aromatic N) is 3. The standard InChI is InChI=1S/C12H12N4O2/c1-2-18-12(17)9-10(13)14-11(16-15-9)8-6-4-3-5-7-8/h3-7H,2H2,1H3,(H2,13,14,16). The molecule has 0 aliphatic rings. The lowest BCUT2D eigenvalue weighted by atomic mass is 10.2. The van der Waals surface area contributed by atoms with Gasteiger partial charge in [0.25, 0.3) is 0 Å². The van der Waals surface area contributed by atoms with Gasteiger partial charge in [-0.05, 0) is 6.92 Å². The zero-order chi connectivity index (χ0) is 13.0. The van der Waals surface area contributed by atoms with Gasteiger partial charge in [-0.15, -0.1) is 10.2 Å². The van der Waals surface area contributed by atoms with Crippen LogP contribution in [-0.2, 0) is 4.74 Å². The third-order valence-corrected chi connectivity index (χ3v) is 2.21. The molecule has 0 aliphatic carbocycles. The molecule has 0 spiro atoms. The predicted molar refractivity (Wildman–Crippen MR) is 65.6 cm³/mol. The second-order valence-electron chi connectivity index (χ2n) is 3.46. The van der Waals surface area contributed by atoms with Crippen LogP contribution in [0, 0.1) is 0 Å². The second kappa shape index (κ2) is 5.22. The number of nitrogen functional groups attached to an aromatic ring is 1. The Morgan fingerprint density at radius 3 is 2.61 bits per heavy atom. The summed E-state index contributed by atoms with van der Waals surface area (Å²) in [5, 5.41) is 7.63. The van der Waals surface area contributed by atoms with Gasteiger partial charge in [0, 0.05) is 5.56 Å². The Kier molecular flexibility index (Phi) is 3.47. The van der Waals surface area contributed by atoms with Crippen LogP contribution in [0.2, 0.25) is 0 Å². The van der Waals surface area contributed by atoms with Crippen molar-refractivity contribution in [2.45, 2.75) is 6.92 Å². The highest BCUT2D eigenvalue weighted by Gasteiger charge is 2.16. The van der Waals surface area contributed by atoms with Crippen molar-refractivity contribution < 1.29 is 9.53 Å². The maximum absolute atomic E-state index is 11.5. The number of esters is 1. The summed E-state index contributed by atoms with van der Waals surface area (Å²) in [5.41, 5.74) is 6.40. The SMILES string of the molecule is CCOC(=O)c1nnc(-c2ccccc2)nc1N. The zero-order valence-electron chi connectivity index (χ0n) is 9.83. The summed E-state index contributed by atoms with van der Waals surface area (Å²) in [6, 6.07) is 9.26. The second-order valence-corrected chi connectivity index (χ2v) is 3.46. The van der Waals surface area contributed by atoms with Crippen LogP contribution in [-0.4, -0.2) is 27.8 Å². The average Bonchev–Trinajstić information content (AvgIpc) is 2.40. The first-order valence-corrected chi connectivity index (χ1v) is 5.45. The number of ether oxygens (including phenoxy) is 1. The molecule has 2 N–H and O–H groups in total. The Bertz CT molecular complexity index is 557. The van der Waals surface area contributed by atoms with Crippen LogP contribution in [0.4, 0.5) is 5.82 Å². The Morgan fingerprint density at radius 1 is 1.28 bits per heavy atom. The molecule has 6 heteroatoms. The van der Waals surface area contributed by atoms with E-state index < -0.39 is 5.97 Å². The first-order chi connectivity index (χ1) is 8.72. The molecule has 6 nitrogen and oxygen atoms in total. The monoisotopic (exact) mass is 244 g/mol. The highest BCUT2D eigenvalue weighted by Crippen LogP contribution is 2.15. The van der Waals surface area contributed by atoms with Gasteiger partial charge in [0.15, 0.2) is 11.6 Å². The third-order valence-electron chi connectivity index (χ3n) is 2.21. The van der Waals surface area contributed by atoms with Crippen molar-refractivity contribution >= 4 is 11.8 Å². The van der Waals surface area contributed by atoms with E-state index in [0.717, 1.165) is 5.56 Å². The van der Waals surface area contributed by atoms with Crippen LogP contribution in [0.1, 0.15) is 17.4 Å². The van der Waals surface area contributed by atoms with Gasteiger partial charge in [0.1, 0.15) is 0 Å². The molecule has 18 heavy (non-hydrogen) atoms. The third kappa shape index (κ3) is 2.42. The fourth-order valence-electron chi connectivity index (χ4n) is 1.39. The van der Waals surface area contributed by atoms with Crippen LogP contribution in [0.15, 0.2) is 30.3 Å². The number of rotatable bonds is 3. The Labute approximate surface area is 104 Å². The van der Waals surface area contributed by atoms with Crippen molar-refractivity contribution in [3.05, 3.63) is 36.0 Å². The van der Waals surface area contributed by atoms with Crippen molar-refractivity contribution in [3.63, 3.8) is 0 Å². The van der Waals surface area contributed by atoms with Gasteiger partial charge in [-0.3, -0.25) is 0 Å². The van der Waals surface area contributed by atoms with E-state index >= 15 is 0 Å². The molecular formula is C12H12N4O2. The van der Waals surface area contributed by atoms with Gasteiger partial charge in [-0.25, -0.2) is 9.78 Å². The van der Waals surface area contributed by atoms with Crippen molar-refractivity contribution in [1.82, 2.24) is 15.2 Å². The van der Waals surface area contributed by atoms with E-state index in [1.807, 2.05) is 30.3 Å². The fourth-order valence-corrected chi connectivity index (χ4v) is 1.39. The van der Waals surface area contributed by atoms with Crippen LogP contribution in [0.3, 0.4) is 0 Å². The van der Waals surface area contributed by atoms with Crippen molar-refractivity contribution in [2.24, 2.45) is 0 Å². The van der Waals surface area contributed by atoms with E-state index in [4.69, 9.17) is 10.5 Å². The average molecular weight is 244 g/mol. The molecule has 2 rings (SSSR count). The van der Waals surface area contributed by atoms with E-state index in [-0.39, 0.29) is 18.1 Å². The first kappa shape index (κ1) is 12.0. The molecule has 0 saturated heterocycles. The molecule has 1 aromatic carbocycles. The minimum atomic E-state index is -0.616. The Morgan fingerprint density at radius 2 is 2.00 bits per heavy atom. The molecule has 0 radical (unpaired) electrons. The summed E-state index contributed by atoms with van der Waals surface area (Å²) in [6.45, 7) is 1.95. The van der Waals surface area contributed by atoms with E-state index in [9.17, 15) is 4.79 Å². The van der Waals surface area contributed by atoms with Crippen LogP contribution in [0.25, 0.3) is 11.4 Å². The molecule has 92 valence electrons. The number of hydrogen-bond donors (Lipinski definition) is 1. The minimum absolute atomic E-state index is 0.0160. The molecule has 0 unspecified atom stereocenters. The van der Waals surface area contributed by atoms with Gasteiger partial charge in [-0.1, -0.05) is 30.3 Å². The zero-order valence-corrected chi connectivity index (χ0v) is 9.83. The molecule has 0 aliphatic heterocycles. The quantitative estimate of drug-likeness (QED) is 0.818. The molecule has 0 bridgehead atoms. The topological polar surface area (TPSA) is 91.0 Å². The summed E-state index contributed by atoms with van der Waals surface area (Å²) in [4.78, 5) is 15.5. The lowest BCUT2D eigenvalue weighted by molar-refractivity contribution is 0.0519. The van der Waals surface area contributed by atoms with Crippen LogP contribution >= 0.6 is 0 Å². The summed E-state index contributed by atoms with van der Waals surface area (Å²) >= 11 is 0. The van der Waals surface area contributed by atoms with E-state index in [1.165, 1.54) is 0 Å². The molecule has 1 heterocycles. The van der Waals surface area contributed by atoms with Crippen molar-refractivity contribution in [1.29, 1.82) is 0 Å². The number of anilines is 1. The van der Waals surface area contributed by atoms with Gasteiger partial charge < -0.3 is 10.5 Å². The number of aromatic nitrogens is 3. The molecule has 0 amide bonds. The Hall–Kier alpha value is -2.50. The smallest absolute Gasteiger partial charge is 0.362 e. The lowest BCUT2D eigenvalue weighted by Gasteiger charge is -2.04. The van der Waals surface area contributed by atoms with Gasteiger partial charge in [0.2, 0.25) is 5.69 Å². The molecule has 1 aromatic heterocycles. The lowest BCUT2D eigenvalue weighted by Crippen LogP contribution is -2.13. The molecule has 2 aromatic rings. The highest BCUT2D eigenvalue weighted by molar-refractivity contribution is 5.91. The predicted octanol–water partition coefficient (Wildman–Crippen LogP) is 1.30. The van der Waals surface area contributed by atoms with Crippen molar-refractivity contribution in [2.75, 3.05) is 12.3 Å². The number of carbonyl (C=O) groups excluding carboxylic acids is 1. The molecule has 0 atom stereocenters. The summed E-state index contributed by atoms with van der Waals surface area (Å²) in [7, 11) is 0. The number of benzene rings is 1. The highest BCUT2D eigenvalue weighted by atomic mass is 16.5.